The van der Waals surface area contributed by atoms with E-state index in [2.05, 4.69) is 29.1 Å². The molecule has 0 aromatic carbocycles. The summed E-state index contributed by atoms with van der Waals surface area (Å²) in [5.41, 5.74) is 7.82. The van der Waals surface area contributed by atoms with E-state index in [-0.39, 0.29) is 23.3 Å². The van der Waals surface area contributed by atoms with Gasteiger partial charge in [-0.15, -0.1) is 0 Å². The van der Waals surface area contributed by atoms with E-state index in [1.807, 2.05) is 26.2 Å². The number of nitrogens with one attached hydrogen (secondary N) is 1. The summed E-state index contributed by atoms with van der Waals surface area (Å²) in [4.78, 5) is 13.0. The Kier molecular flexibility index (Phi) is 3.92. The van der Waals surface area contributed by atoms with Crippen LogP contribution >= 0.6 is 0 Å². The summed E-state index contributed by atoms with van der Waals surface area (Å²) in [5, 5.41) is 22.7. The van der Waals surface area contributed by atoms with Crippen molar-refractivity contribution in [3.8, 4) is 11.3 Å². The zero-order valence-corrected chi connectivity index (χ0v) is 16.2. The summed E-state index contributed by atoms with van der Waals surface area (Å²) in [6.07, 6.45) is 4.31. The molecule has 1 saturated carbocycles. The van der Waals surface area contributed by atoms with Gasteiger partial charge in [-0.1, -0.05) is 13.8 Å². The van der Waals surface area contributed by atoms with Gasteiger partial charge in [0.2, 0.25) is 0 Å². The summed E-state index contributed by atoms with van der Waals surface area (Å²) in [6.45, 7) is 6.16. The second-order valence-electron chi connectivity index (χ2n) is 8.02. The molecule has 0 radical (unpaired) electrons. The van der Waals surface area contributed by atoms with E-state index >= 15 is 0 Å². The lowest BCUT2D eigenvalue weighted by molar-refractivity contribution is -0.0456. The zero-order chi connectivity index (χ0) is 19.5. The lowest BCUT2D eigenvalue weighted by Crippen LogP contribution is -2.35. The average Bonchev–Trinajstić information content (AvgIpc) is 3.16. The quantitative estimate of drug-likeness (QED) is 0.652. The molecule has 3 aromatic heterocycles. The number of hydrogen-bond donors (Lipinski definition) is 3. The number of pyridine rings is 1. The van der Waals surface area contributed by atoms with Crippen LogP contribution in [0.1, 0.15) is 51.8 Å². The van der Waals surface area contributed by atoms with Crippen molar-refractivity contribution in [2.24, 2.45) is 13.0 Å². The van der Waals surface area contributed by atoms with E-state index in [9.17, 15) is 9.90 Å². The molecular weight excluding hydrogens is 344 g/mol. The molecule has 1 aliphatic carbocycles. The monoisotopic (exact) mass is 370 g/mol. The van der Waals surface area contributed by atoms with Crippen molar-refractivity contribution >= 4 is 16.7 Å². The number of hydrogen-bond acceptors (Lipinski definition) is 5. The minimum absolute atomic E-state index is 0.00560. The predicted molar refractivity (Wildman–Crippen MR) is 104 cm³/mol. The molecule has 8 heteroatoms. The lowest BCUT2D eigenvalue weighted by Gasteiger charge is -2.36. The van der Waals surface area contributed by atoms with Crippen molar-refractivity contribution in [3.05, 3.63) is 28.3 Å². The van der Waals surface area contributed by atoms with Gasteiger partial charge in [0.25, 0.3) is 5.56 Å². The van der Waals surface area contributed by atoms with E-state index in [4.69, 9.17) is 5.73 Å². The summed E-state index contributed by atoms with van der Waals surface area (Å²) >= 11 is 0. The first-order valence-electron chi connectivity index (χ1n) is 9.39. The van der Waals surface area contributed by atoms with Gasteiger partial charge in [0.1, 0.15) is 11.0 Å². The predicted octanol–water partition coefficient (Wildman–Crippen LogP) is 2.30. The fraction of sp³-hybridized carbons (Fsp3) is 0.526. The second kappa shape index (κ2) is 5.95. The fourth-order valence-corrected chi connectivity index (χ4v) is 3.78. The Morgan fingerprint density at radius 1 is 1.33 bits per heavy atom. The van der Waals surface area contributed by atoms with Gasteiger partial charge in [-0.3, -0.25) is 14.6 Å². The van der Waals surface area contributed by atoms with Crippen molar-refractivity contribution in [2.75, 3.05) is 5.73 Å². The standard InChI is InChI=1S/C19H26N6O2/c1-10(2)11(3)25-9-12(16-15(18(25)26)17(20)22-21-16)13-8-14(24(4)23-13)19(27)6-5-7-19/h8-11,27H,5-7H2,1-4H3,(H3,20,21,22)/t11-/m0/s1. The first kappa shape index (κ1) is 17.8. The van der Waals surface area contributed by atoms with Gasteiger partial charge < -0.3 is 15.4 Å². The maximum Gasteiger partial charge on any atom is 0.264 e. The normalized spacial score (nSPS) is 17.4. The zero-order valence-electron chi connectivity index (χ0n) is 16.2. The topological polar surface area (TPSA) is 115 Å². The van der Waals surface area contributed by atoms with E-state index in [1.54, 1.807) is 9.25 Å². The number of rotatable bonds is 4. The van der Waals surface area contributed by atoms with Crippen LogP contribution in [0.2, 0.25) is 0 Å². The van der Waals surface area contributed by atoms with Crippen molar-refractivity contribution < 1.29 is 5.11 Å². The molecular formula is C19H26N6O2. The number of nitrogens with zero attached hydrogens (tertiary/aromatic N) is 4. The van der Waals surface area contributed by atoms with Crippen LogP contribution in [0.5, 0.6) is 0 Å². The molecule has 27 heavy (non-hydrogen) atoms. The Hall–Kier alpha value is -2.61. The Morgan fingerprint density at radius 2 is 2.04 bits per heavy atom. The highest BCUT2D eigenvalue weighted by molar-refractivity contribution is 5.97. The maximum atomic E-state index is 13.0. The number of aromatic amines is 1. The highest BCUT2D eigenvalue weighted by Gasteiger charge is 2.39. The summed E-state index contributed by atoms with van der Waals surface area (Å²) in [6, 6.07) is 1.90. The van der Waals surface area contributed by atoms with Gasteiger partial charge in [-0.2, -0.15) is 10.2 Å². The first-order chi connectivity index (χ1) is 12.7. The molecule has 3 aromatic rings. The van der Waals surface area contributed by atoms with Crippen LogP contribution in [0.25, 0.3) is 22.2 Å². The number of H-pyrrole nitrogens is 1. The summed E-state index contributed by atoms with van der Waals surface area (Å²) in [7, 11) is 1.83. The van der Waals surface area contributed by atoms with Crippen LogP contribution < -0.4 is 11.3 Å². The number of aliphatic hydroxyl groups is 1. The van der Waals surface area contributed by atoms with Gasteiger partial charge in [-0.25, -0.2) is 0 Å². The number of anilines is 1. The Bertz CT molecular complexity index is 1070. The van der Waals surface area contributed by atoms with Crippen LogP contribution in [0.3, 0.4) is 0 Å². The molecule has 4 rings (SSSR count). The fourth-order valence-electron chi connectivity index (χ4n) is 3.78. The Morgan fingerprint density at radius 3 is 2.63 bits per heavy atom. The van der Waals surface area contributed by atoms with E-state index in [0.29, 0.717) is 16.6 Å². The SMILES string of the molecule is CC(C)[C@H](C)n1cc(-c2cc(C3(O)CCC3)n(C)n2)c2[nH]nc(N)c2c1=O. The van der Waals surface area contributed by atoms with E-state index in [0.717, 1.165) is 30.5 Å². The largest absolute Gasteiger partial charge is 0.384 e. The smallest absolute Gasteiger partial charge is 0.264 e. The van der Waals surface area contributed by atoms with Gasteiger partial charge in [0.15, 0.2) is 5.82 Å². The third kappa shape index (κ3) is 2.58. The molecule has 0 amide bonds. The minimum Gasteiger partial charge on any atom is -0.384 e. The minimum atomic E-state index is -0.814. The van der Waals surface area contributed by atoms with Gasteiger partial charge in [0.05, 0.1) is 16.9 Å². The van der Waals surface area contributed by atoms with Crippen LogP contribution in [0.15, 0.2) is 17.1 Å². The summed E-state index contributed by atoms with van der Waals surface area (Å²) in [5.74, 6) is 0.464. The Balaban J connectivity index is 1.96. The molecule has 8 nitrogen and oxygen atoms in total. The van der Waals surface area contributed by atoms with E-state index < -0.39 is 5.60 Å². The van der Waals surface area contributed by atoms with Crippen LogP contribution in [-0.2, 0) is 12.6 Å². The molecule has 0 bridgehead atoms. The third-order valence-electron chi connectivity index (χ3n) is 6.00. The molecule has 1 atom stereocenters. The van der Waals surface area contributed by atoms with Gasteiger partial charge >= 0.3 is 0 Å². The van der Waals surface area contributed by atoms with Crippen LogP contribution in [-0.4, -0.2) is 29.7 Å². The first-order valence-corrected chi connectivity index (χ1v) is 9.39. The molecule has 4 N–H and O–H groups in total. The number of nitrogen functional groups attached to an aromatic ring is 1. The highest BCUT2D eigenvalue weighted by Crippen LogP contribution is 2.42. The average molecular weight is 370 g/mol. The number of aryl methyl sites for hydroxylation is 1. The number of aromatic nitrogens is 5. The van der Waals surface area contributed by atoms with E-state index in [1.165, 1.54) is 0 Å². The molecule has 1 fully saturated rings. The van der Waals surface area contributed by atoms with Gasteiger partial charge in [-0.05, 0) is 38.2 Å². The molecule has 0 aliphatic heterocycles. The lowest BCUT2D eigenvalue weighted by atomic mass is 9.77. The molecule has 3 heterocycles. The Labute approximate surface area is 157 Å². The maximum absolute atomic E-state index is 13.0. The molecule has 0 spiro atoms. The third-order valence-corrected chi connectivity index (χ3v) is 6.00. The molecule has 1 aliphatic rings. The molecule has 144 valence electrons. The van der Waals surface area contributed by atoms with Crippen molar-refractivity contribution in [1.29, 1.82) is 0 Å². The van der Waals surface area contributed by atoms with Crippen molar-refractivity contribution in [3.63, 3.8) is 0 Å². The second-order valence-corrected chi connectivity index (χ2v) is 8.02. The van der Waals surface area contributed by atoms with Crippen LogP contribution in [0.4, 0.5) is 5.82 Å². The number of nitrogens with two attached hydrogens (primary N) is 1. The summed E-state index contributed by atoms with van der Waals surface area (Å²) < 4.78 is 3.43. The molecule has 0 unspecified atom stereocenters. The number of fused-ring (bicyclic) bond motifs is 1. The highest BCUT2D eigenvalue weighted by atomic mass is 16.3. The molecule has 0 saturated heterocycles. The van der Waals surface area contributed by atoms with Gasteiger partial charge in [0, 0.05) is 24.8 Å². The van der Waals surface area contributed by atoms with Crippen molar-refractivity contribution in [1.82, 2.24) is 24.5 Å². The van der Waals surface area contributed by atoms with Crippen molar-refractivity contribution in [2.45, 2.75) is 51.7 Å². The van der Waals surface area contributed by atoms with Crippen LogP contribution in [0, 0.1) is 5.92 Å².